The maximum atomic E-state index is 4.36. The molecule has 3 aromatic rings. The van der Waals surface area contributed by atoms with Crippen LogP contribution in [-0.4, -0.2) is 20.2 Å². The Morgan fingerprint density at radius 3 is 2.56 bits per heavy atom. The second-order valence-electron chi connectivity index (χ2n) is 3.35. The summed E-state index contributed by atoms with van der Waals surface area (Å²) in [5.74, 6) is 0.604. The van der Waals surface area contributed by atoms with Crippen molar-refractivity contribution in [2.75, 3.05) is 0 Å². The number of benzene rings is 1. The molecular formula is C12H8N4. The van der Waals surface area contributed by atoms with E-state index in [1.54, 1.807) is 6.20 Å². The summed E-state index contributed by atoms with van der Waals surface area (Å²) in [4.78, 5) is 8.51. The van der Waals surface area contributed by atoms with Gasteiger partial charge in [0.2, 0.25) is 0 Å². The molecule has 4 heteroatoms. The molecule has 76 valence electrons. The zero-order valence-corrected chi connectivity index (χ0v) is 8.41. The molecule has 0 fully saturated rings. The van der Waals surface area contributed by atoms with E-state index in [4.69, 9.17) is 0 Å². The standard InChI is InChI=1S/C12H8N4/c1-2-5-9(6-3-1)11-14-12-10(15-16-11)7-4-8-13-12/h1-8H. The van der Waals surface area contributed by atoms with Gasteiger partial charge in [0, 0.05) is 11.8 Å². The molecule has 0 unspecified atom stereocenters. The normalized spacial score (nSPS) is 10.5. The SMILES string of the molecule is c1ccc(-c2nnc3cccnc3n2)cc1. The minimum absolute atomic E-state index is 0.604. The fourth-order valence-electron chi connectivity index (χ4n) is 1.49. The second-order valence-corrected chi connectivity index (χ2v) is 3.35. The molecule has 0 atom stereocenters. The van der Waals surface area contributed by atoms with E-state index in [1.165, 1.54) is 0 Å². The quantitative estimate of drug-likeness (QED) is 0.614. The van der Waals surface area contributed by atoms with Gasteiger partial charge >= 0.3 is 0 Å². The monoisotopic (exact) mass is 208 g/mol. The Morgan fingerprint density at radius 1 is 0.812 bits per heavy atom. The van der Waals surface area contributed by atoms with Crippen LogP contribution in [0.2, 0.25) is 0 Å². The molecule has 0 saturated carbocycles. The van der Waals surface area contributed by atoms with Gasteiger partial charge in [0.05, 0.1) is 0 Å². The van der Waals surface area contributed by atoms with Gasteiger partial charge in [-0.2, -0.15) is 0 Å². The van der Waals surface area contributed by atoms with Gasteiger partial charge in [-0.05, 0) is 12.1 Å². The minimum Gasteiger partial charge on any atom is -0.235 e. The Kier molecular flexibility index (Phi) is 2.04. The number of pyridine rings is 1. The molecule has 2 aromatic heterocycles. The molecular weight excluding hydrogens is 200 g/mol. The maximum absolute atomic E-state index is 4.36. The molecule has 0 spiro atoms. The van der Waals surface area contributed by atoms with Crippen molar-refractivity contribution in [3.63, 3.8) is 0 Å². The molecule has 0 N–H and O–H groups in total. The lowest BCUT2D eigenvalue weighted by Gasteiger charge is -1.99. The summed E-state index contributed by atoms with van der Waals surface area (Å²) >= 11 is 0. The topological polar surface area (TPSA) is 51.6 Å². The summed E-state index contributed by atoms with van der Waals surface area (Å²) in [7, 11) is 0. The van der Waals surface area contributed by atoms with E-state index < -0.39 is 0 Å². The Hall–Kier alpha value is -2.36. The summed E-state index contributed by atoms with van der Waals surface area (Å²) < 4.78 is 0. The van der Waals surface area contributed by atoms with Gasteiger partial charge in [0.1, 0.15) is 5.52 Å². The third-order valence-corrected chi connectivity index (χ3v) is 2.26. The Bertz CT molecular complexity index is 622. The summed E-state index contributed by atoms with van der Waals surface area (Å²) in [6.07, 6.45) is 1.70. The van der Waals surface area contributed by atoms with Gasteiger partial charge in [0.15, 0.2) is 11.5 Å². The summed E-state index contributed by atoms with van der Waals surface area (Å²) in [5.41, 5.74) is 2.28. The van der Waals surface area contributed by atoms with Crippen molar-refractivity contribution in [3.05, 3.63) is 48.7 Å². The highest BCUT2D eigenvalue weighted by Gasteiger charge is 2.03. The number of nitrogens with zero attached hydrogens (tertiary/aromatic N) is 4. The van der Waals surface area contributed by atoms with Crippen LogP contribution in [0.3, 0.4) is 0 Å². The van der Waals surface area contributed by atoms with E-state index in [0.717, 1.165) is 5.56 Å². The van der Waals surface area contributed by atoms with Crippen LogP contribution < -0.4 is 0 Å². The van der Waals surface area contributed by atoms with Crippen LogP contribution >= 0.6 is 0 Å². The molecule has 0 radical (unpaired) electrons. The summed E-state index contributed by atoms with van der Waals surface area (Å²) in [6.45, 7) is 0. The molecule has 16 heavy (non-hydrogen) atoms. The average Bonchev–Trinajstić information content (AvgIpc) is 2.39. The van der Waals surface area contributed by atoms with Crippen molar-refractivity contribution in [2.45, 2.75) is 0 Å². The molecule has 0 bridgehead atoms. The number of hydrogen-bond acceptors (Lipinski definition) is 4. The number of hydrogen-bond donors (Lipinski definition) is 0. The van der Waals surface area contributed by atoms with Crippen LogP contribution in [0.15, 0.2) is 48.7 Å². The third kappa shape index (κ3) is 1.50. The van der Waals surface area contributed by atoms with Crippen molar-refractivity contribution in [1.29, 1.82) is 0 Å². The van der Waals surface area contributed by atoms with Crippen LogP contribution in [0, 0.1) is 0 Å². The van der Waals surface area contributed by atoms with Crippen LogP contribution in [-0.2, 0) is 0 Å². The van der Waals surface area contributed by atoms with E-state index in [9.17, 15) is 0 Å². The van der Waals surface area contributed by atoms with Crippen LogP contribution in [0.5, 0.6) is 0 Å². The lowest BCUT2D eigenvalue weighted by Crippen LogP contribution is -1.94. The zero-order valence-electron chi connectivity index (χ0n) is 8.41. The van der Waals surface area contributed by atoms with Crippen molar-refractivity contribution in [1.82, 2.24) is 20.2 Å². The van der Waals surface area contributed by atoms with Gasteiger partial charge in [0.25, 0.3) is 0 Å². The van der Waals surface area contributed by atoms with E-state index in [0.29, 0.717) is 17.0 Å². The van der Waals surface area contributed by atoms with E-state index in [2.05, 4.69) is 20.2 Å². The molecule has 0 saturated heterocycles. The third-order valence-electron chi connectivity index (χ3n) is 2.26. The first-order chi connectivity index (χ1) is 7.93. The smallest absolute Gasteiger partial charge is 0.183 e. The first-order valence-electron chi connectivity index (χ1n) is 4.94. The fourth-order valence-corrected chi connectivity index (χ4v) is 1.49. The zero-order chi connectivity index (χ0) is 10.8. The molecule has 0 aliphatic heterocycles. The Balaban J connectivity index is 2.19. The van der Waals surface area contributed by atoms with Crippen LogP contribution in [0.1, 0.15) is 0 Å². The first kappa shape index (κ1) is 8.91. The van der Waals surface area contributed by atoms with Crippen molar-refractivity contribution >= 4 is 11.2 Å². The van der Waals surface area contributed by atoms with Gasteiger partial charge in [-0.25, -0.2) is 9.97 Å². The van der Waals surface area contributed by atoms with Crippen molar-refractivity contribution in [3.8, 4) is 11.4 Å². The molecule has 0 aliphatic carbocycles. The summed E-state index contributed by atoms with van der Waals surface area (Å²) in [6, 6.07) is 13.4. The van der Waals surface area contributed by atoms with E-state index in [1.807, 2.05) is 42.5 Å². The van der Waals surface area contributed by atoms with E-state index >= 15 is 0 Å². The molecule has 1 aromatic carbocycles. The predicted octanol–water partition coefficient (Wildman–Crippen LogP) is 2.09. The van der Waals surface area contributed by atoms with Crippen molar-refractivity contribution < 1.29 is 0 Å². The average molecular weight is 208 g/mol. The lowest BCUT2D eigenvalue weighted by atomic mass is 10.2. The van der Waals surface area contributed by atoms with Crippen molar-refractivity contribution in [2.24, 2.45) is 0 Å². The van der Waals surface area contributed by atoms with Gasteiger partial charge in [-0.15, -0.1) is 10.2 Å². The fraction of sp³-hybridized carbons (Fsp3) is 0. The Labute approximate surface area is 92.0 Å². The highest BCUT2D eigenvalue weighted by atomic mass is 15.2. The first-order valence-corrected chi connectivity index (χ1v) is 4.94. The summed E-state index contributed by atoms with van der Waals surface area (Å²) in [5, 5.41) is 8.16. The Morgan fingerprint density at radius 2 is 1.69 bits per heavy atom. The highest BCUT2D eigenvalue weighted by molar-refractivity contribution is 5.70. The molecule has 2 heterocycles. The molecule has 0 amide bonds. The van der Waals surface area contributed by atoms with Gasteiger partial charge in [-0.3, -0.25) is 0 Å². The second kappa shape index (κ2) is 3.66. The van der Waals surface area contributed by atoms with Crippen LogP contribution in [0.25, 0.3) is 22.6 Å². The van der Waals surface area contributed by atoms with Crippen LogP contribution in [0.4, 0.5) is 0 Å². The number of aromatic nitrogens is 4. The molecule has 4 nitrogen and oxygen atoms in total. The number of rotatable bonds is 1. The van der Waals surface area contributed by atoms with Gasteiger partial charge < -0.3 is 0 Å². The number of fused-ring (bicyclic) bond motifs is 1. The van der Waals surface area contributed by atoms with E-state index in [-0.39, 0.29) is 0 Å². The largest absolute Gasteiger partial charge is 0.235 e. The predicted molar refractivity (Wildman–Crippen MR) is 60.6 cm³/mol. The molecule has 0 aliphatic rings. The maximum Gasteiger partial charge on any atom is 0.183 e. The lowest BCUT2D eigenvalue weighted by molar-refractivity contribution is 1.02. The highest BCUT2D eigenvalue weighted by Crippen LogP contribution is 2.14. The van der Waals surface area contributed by atoms with Gasteiger partial charge in [-0.1, -0.05) is 30.3 Å². The minimum atomic E-state index is 0.604. The molecule has 3 rings (SSSR count).